The smallest absolute Gasteiger partial charge is 0.407 e. The molecular weight excluding hydrogens is 402 g/mol. The lowest BCUT2D eigenvalue weighted by molar-refractivity contribution is -0.137. The Labute approximate surface area is 182 Å². The summed E-state index contributed by atoms with van der Waals surface area (Å²) in [5.41, 5.74) is 0.449. The average molecular weight is 436 g/mol. The van der Waals surface area contributed by atoms with Gasteiger partial charge in [0.15, 0.2) is 0 Å². The summed E-state index contributed by atoms with van der Waals surface area (Å²) < 4.78 is 5.18. The summed E-state index contributed by atoms with van der Waals surface area (Å²) in [5, 5.41) is 16.1. The van der Waals surface area contributed by atoms with E-state index in [1.807, 2.05) is 30.3 Å². The zero-order valence-corrected chi connectivity index (χ0v) is 18.4. The first-order valence-corrected chi connectivity index (χ1v) is 10.3. The van der Waals surface area contributed by atoms with Crippen LogP contribution in [0.15, 0.2) is 30.3 Å². The molecule has 0 saturated heterocycles. The fraction of sp³-hybridized carbons (Fsp3) is 0.545. The highest BCUT2D eigenvalue weighted by Crippen LogP contribution is 2.16. The van der Waals surface area contributed by atoms with Crippen LogP contribution in [0.5, 0.6) is 0 Å². The standard InChI is InChI=1S/C22H33N3O6/c1-22(2,3)31-21(30)23-12-8-7-11-17(13-16-9-5-4-6-10-16)20(29)25-14-18(26)24-15-19(27)28/h4-6,9-10,17H,7-8,11-15H2,1-3H3,(H,23,30)(H,24,26)(H,25,29)(H,27,28)/t17-/m1/s1. The number of nitrogens with one attached hydrogen (secondary N) is 3. The molecule has 0 radical (unpaired) electrons. The van der Waals surface area contributed by atoms with E-state index in [4.69, 9.17) is 9.84 Å². The second kappa shape index (κ2) is 13.3. The maximum Gasteiger partial charge on any atom is 0.407 e. The molecule has 0 aliphatic rings. The fourth-order valence-electron chi connectivity index (χ4n) is 2.79. The molecule has 0 bridgehead atoms. The Morgan fingerprint density at radius 1 is 0.968 bits per heavy atom. The van der Waals surface area contributed by atoms with Gasteiger partial charge in [0.2, 0.25) is 11.8 Å². The van der Waals surface area contributed by atoms with Crippen molar-refractivity contribution in [3.8, 4) is 0 Å². The molecule has 1 atom stereocenters. The van der Waals surface area contributed by atoms with Gasteiger partial charge in [-0.25, -0.2) is 4.79 Å². The van der Waals surface area contributed by atoms with Gasteiger partial charge in [-0.3, -0.25) is 14.4 Å². The van der Waals surface area contributed by atoms with Crippen molar-refractivity contribution in [1.29, 1.82) is 0 Å². The largest absolute Gasteiger partial charge is 0.480 e. The quantitative estimate of drug-likeness (QED) is 0.370. The van der Waals surface area contributed by atoms with Gasteiger partial charge in [-0.15, -0.1) is 0 Å². The van der Waals surface area contributed by atoms with E-state index in [2.05, 4.69) is 16.0 Å². The van der Waals surface area contributed by atoms with E-state index in [-0.39, 0.29) is 18.4 Å². The molecule has 0 saturated carbocycles. The Bertz CT molecular complexity index is 731. The second-order valence-corrected chi connectivity index (χ2v) is 8.20. The first kappa shape index (κ1) is 25.9. The SMILES string of the molecule is CC(C)(C)OC(=O)NCCCC[C@H](Cc1ccccc1)C(=O)NCC(=O)NCC(=O)O. The van der Waals surface area contributed by atoms with Gasteiger partial charge in [0, 0.05) is 12.5 Å². The summed E-state index contributed by atoms with van der Waals surface area (Å²) in [6.45, 7) is 5.04. The van der Waals surface area contributed by atoms with Crippen molar-refractivity contribution in [2.24, 2.45) is 5.92 Å². The third-order valence-electron chi connectivity index (χ3n) is 4.20. The highest BCUT2D eigenvalue weighted by Gasteiger charge is 2.20. The number of alkyl carbamates (subject to hydrolysis) is 1. The Kier molecular flexibility index (Phi) is 11.1. The van der Waals surface area contributed by atoms with Crippen LogP contribution in [0, 0.1) is 5.92 Å². The second-order valence-electron chi connectivity index (χ2n) is 8.20. The van der Waals surface area contributed by atoms with Crippen LogP contribution in [0.2, 0.25) is 0 Å². The normalized spacial score (nSPS) is 11.8. The maximum atomic E-state index is 12.6. The van der Waals surface area contributed by atoms with E-state index in [1.54, 1.807) is 20.8 Å². The molecule has 4 N–H and O–H groups in total. The molecule has 3 amide bonds. The number of carboxylic acids is 1. The first-order valence-electron chi connectivity index (χ1n) is 10.3. The molecule has 0 heterocycles. The van der Waals surface area contributed by atoms with Crippen LogP contribution in [0.25, 0.3) is 0 Å². The van der Waals surface area contributed by atoms with Crippen LogP contribution in [-0.4, -0.2) is 54.2 Å². The van der Waals surface area contributed by atoms with Gasteiger partial charge in [0.05, 0.1) is 6.54 Å². The molecule has 0 aromatic heterocycles. The molecule has 0 unspecified atom stereocenters. The van der Waals surface area contributed by atoms with E-state index in [0.717, 1.165) is 5.56 Å². The summed E-state index contributed by atoms with van der Waals surface area (Å²) in [7, 11) is 0. The summed E-state index contributed by atoms with van der Waals surface area (Å²) in [6.07, 6.45) is 2.00. The van der Waals surface area contributed by atoms with Gasteiger partial charge in [0.25, 0.3) is 0 Å². The number of ether oxygens (including phenoxy) is 1. The molecule has 1 aromatic rings. The average Bonchev–Trinajstić information content (AvgIpc) is 2.68. The molecule has 31 heavy (non-hydrogen) atoms. The van der Waals surface area contributed by atoms with Gasteiger partial charge < -0.3 is 25.8 Å². The summed E-state index contributed by atoms with van der Waals surface area (Å²) in [5.74, 6) is -2.33. The van der Waals surface area contributed by atoms with E-state index < -0.39 is 30.1 Å². The van der Waals surface area contributed by atoms with Crippen LogP contribution in [-0.2, 0) is 25.5 Å². The molecule has 1 rings (SSSR count). The number of carbonyl (C=O) groups excluding carboxylic acids is 3. The lowest BCUT2D eigenvalue weighted by atomic mass is 9.93. The molecule has 172 valence electrons. The topological polar surface area (TPSA) is 134 Å². The van der Waals surface area contributed by atoms with Gasteiger partial charge >= 0.3 is 12.1 Å². The van der Waals surface area contributed by atoms with Crippen LogP contribution in [0.3, 0.4) is 0 Å². The number of hydrogen-bond acceptors (Lipinski definition) is 5. The number of rotatable bonds is 12. The van der Waals surface area contributed by atoms with Crippen molar-refractivity contribution in [3.05, 3.63) is 35.9 Å². The summed E-state index contributed by atoms with van der Waals surface area (Å²) in [6, 6.07) is 9.56. The molecule has 0 fully saturated rings. The minimum atomic E-state index is -1.15. The molecule has 0 aliphatic carbocycles. The zero-order valence-electron chi connectivity index (χ0n) is 18.4. The number of aliphatic carboxylic acids is 1. The molecular formula is C22H33N3O6. The first-order chi connectivity index (χ1) is 14.6. The van der Waals surface area contributed by atoms with E-state index >= 15 is 0 Å². The van der Waals surface area contributed by atoms with Crippen LogP contribution in [0.4, 0.5) is 4.79 Å². The van der Waals surface area contributed by atoms with Gasteiger partial charge in [-0.05, 0) is 45.6 Å². The predicted molar refractivity (Wildman–Crippen MR) is 115 cm³/mol. The van der Waals surface area contributed by atoms with E-state index in [0.29, 0.717) is 32.2 Å². The molecule has 1 aromatic carbocycles. The summed E-state index contributed by atoms with van der Waals surface area (Å²) in [4.78, 5) is 46.5. The van der Waals surface area contributed by atoms with Crippen molar-refractivity contribution in [1.82, 2.24) is 16.0 Å². The van der Waals surface area contributed by atoms with Gasteiger partial charge in [-0.2, -0.15) is 0 Å². The monoisotopic (exact) mass is 435 g/mol. The van der Waals surface area contributed by atoms with Gasteiger partial charge in [0.1, 0.15) is 12.1 Å². The van der Waals surface area contributed by atoms with Crippen LogP contribution >= 0.6 is 0 Å². The zero-order chi connectivity index (χ0) is 23.3. The number of carbonyl (C=O) groups is 4. The number of unbranched alkanes of at least 4 members (excludes halogenated alkanes) is 1. The van der Waals surface area contributed by atoms with Crippen molar-refractivity contribution in [3.63, 3.8) is 0 Å². The van der Waals surface area contributed by atoms with E-state index in [1.165, 1.54) is 0 Å². The molecule has 0 spiro atoms. The Morgan fingerprint density at radius 3 is 2.26 bits per heavy atom. The number of carboxylic acid groups (broad SMARTS) is 1. The Morgan fingerprint density at radius 2 is 1.65 bits per heavy atom. The lowest BCUT2D eigenvalue weighted by Crippen LogP contribution is -2.41. The predicted octanol–water partition coefficient (Wildman–Crippen LogP) is 1.86. The van der Waals surface area contributed by atoms with Crippen molar-refractivity contribution >= 4 is 23.9 Å². The van der Waals surface area contributed by atoms with Gasteiger partial charge in [-0.1, -0.05) is 36.8 Å². The minimum Gasteiger partial charge on any atom is -0.480 e. The van der Waals surface area contributed by atoms with Crippen molar-refractivity contribution in [2.75, 3.05) is 19.6 Å². The number of hydrogen-bond donors (Lipinski definition) is 4. The fourth-order valence-corrected chi connectivity index (χ4v) is 2.79. The number of amides is 3. The lowest BCUT2D eigenvalue weighted by Gasteiger charge is -2.20. The third kappa shape index (κ3) is 12.9. The summed E-state index contributed by atoms with van der Waals surface area (Å²) >= 11 is 0. The third-order valence-corrected chi connectivity index (χ3v) is 4.20. The van der Waals surface area contributed by atoms with Crippen LogP contribution < -0.4 is 16.0 Å². The molecule has 0 aliphatic heterocycles. The van der Waals surface area contributed by atoms with E-state index in [9.17, 15) is 19.2 Å². The highest BCUT2D eigenvalue weighted by molar-refractivity contribution is 5.87. The molecule has 9 heteroatoms. The maximum absolute atomic E-state index is 12.6. The van der Waals surface area contributed by atoms with Crippen molar-refractivity contribution < 1.29 is 29.0 Å². The highest BCUT2D eigenvalue weighted by atomic mass is 16.6. The minimum absolute atomic E-state index is 0.269. The Hall–Kier alpha value is -3.10. The Balaban J connectivity index is 2.50. The molecule has 9 nitrogen and oxygen atoms in total. The van der Waals surface area contributed by atoms with Crippen molar-refractivity contribution in [2.45, 2.75) is 52.1 Å². The number of benzene rings is 1. The van der Waals surface area contributed by atoms with Crippen LogP contribution in [0.1, 0.15) is 45.6 Å².